The van der Waals surface area contributed by atoms with E-state index in [0.717, 1.165) is 30.6 Å². The number of nitrogens with zero attached hydrogens (tertiary/aromatic N) is 2. The minimum atomic E-state index is -0.407. The Bertz CT molecular complexity index is 867. The van der Waals surface area contributed by atoms with Gasteiger partial charge in [-0.1, -0.05) is 6.92 Å². The molecule has 0 spiro atoms. The third-order valence-corrected chi connectivity index (χ3v) is 5.99. The molecule has 3 rings (SSSR count). The van der Waals surface area contributed by atoms with Crippen LogP contribution in [0.4, 0.5) is 0 Å². The molecule has 30 heavy (non-hydrogen) atoms. The second kappa shape index (κ2) is 10.2. The van der Waals surface area contributed by atoms with Crippen molar-refractivity contribution in [3.8, 4) is 5.75 Å². The molecular weight excluding hydrogens is 400 g/mol. The Morgan fingerprint density at radius 1 is 1.17 bits per heavy atom. The minimum Gasteiger partial charge on any atom is -0.494 e. The highest BCUT2D eigenvalue weighted by Gasteiger charge is 2.36. The van der Waals surface area contributed by atoms with Crippen molar-refractivity contribution >= 4 is 29.0 Å². The lowest BCUT2D eigenvalue weighted by Crippen LogP contribution is -2.55. The summed E-state index contributed by atoms with van der Waals surface area (Å²) in [6, 6.07) is 9.07. The smallest absolute Gasteiger partial charge is 0.312 e. The van der Waals surface area contributed by atoms with Crippen LogP contribution >= 0.6 is 11.3 Å². The number of nitrogens with one attached hydrogen (secondary N) is 1. The van der Waals surface area contributed by atoms with Gasteiger partial charge in [0.05, 0.1) is 12.6 Å². The van der Waals surface area contributed by atoms with Gasteiger partial charge in [0.15, 0.2) is 0 Å². The van der Waals surface area contributed by atoms with E-state index in [-0.39, 0.29) is 11.9 Å². The lowest BCUT2D eigenvalue weighted by Gasteiger charge is -2.38. The summed E-state index contributed by atoms with van der Waals surface area (Å²) in [5.74, 6) is -0.0582. The Labute approximate surface area is 180 Å². The summed E-state index contributed by atoms with van der Waals surface area (Å²) < 4.78 is 5.69. The van der Waals surface area contributed by atoms with Crippen LogP contribution in [0.1, 0.15) is 43.4 Å². The quantitative estimate of drug-likeness (QED) is 0.263. The third-order valence-electron chi connectivity index (χ3n) is 5.29. The van der Waals surface area contributed by atoms with Crippen LogP contribution in [0.3, 0.4) is 0 Å². The molecule has 2 aromatic rings. The summed E-state index contributed by atoms with van der Waals surface area (Å²) in [7, 11) is 0. The minimum absolute atomic E-state index is 0.0291. The first-order valence-corrected chi connectivity index (χ1v) is 11.1. The average Bonchev–Trinajstić information content (AvgIpc) is 3.27. The second-order valence-corrected chi connectivity index (χ2v) is 8.05. The number of nitrogens with two attached hydrogens (primary N) is 1. The summed E-state index contributed by atoms with van der Waals surface area (Å²) in [6.45, 7) is 4.26. The van der Waals surface area contributed by atoms with E-state index in [1.807, 2.05) is 23.8 Å². The van der Waals surface area contributed by atoms with Crippen molar-refractivity contribution < 1.29 is 14.3 Å². The largest absolute Gasteiger partial charge is 0.494 e. The molecule has 1 atom stereocenters. The van der Waals surface area contributed by atoms with Crippen molar-refractivity contribution in [1.29, 1.82) is 5.41 Å². The van der Waals surface area contributed by atoms with E-state index in [1.165, 1.54) is 0 Å². The van der Waals surface area contributed by atoms with Crippen LogP contribution in [0.15, 0.2) is 41.1 Å². The Morgan fingerprint density at radius 2 is 1.93 bits per heavy atom. The fraction of sp³-hybridized carbons (Fsp3) is 0.409. The van der Waals surface area contributed by atoms with E-state index >= 15 is 0 Å². The van der Waals surface area contributed by atoms with Crippen LogP contribution in [0.5, 0.6) is 5.75 Å². The van der Waals surface area contributed by atoms with Crippen LogP contribution < -0.4 is 10.5 Å². The van der Waals surface area contributed by atoms with E-state index in [9.17, 15) is 9.59 Å². The summed E-state index contributed by atoms with van der Waals surface area (Å²) >= 11 is 1.61. The summed E-state index contributed by atoms with van der Waals surface area (Å²) in [5.41, 5.74) is 7.20. The fourth-order valence-corrected chi connectivity index (χ4v) is 4.33. The molecule has 0 radical (unpaired) electrons. The molecule has 1 unspecified atom stereocenters. The van der Waals surface area contributed by atoms with Crippen LogP contribution in [0.25, 0.3) is 0 Å². The van der Waals surface area contributed by atoms with Crippen molar-refractivity contribution in [3.63, 3.8) is 0 Å². The Kier molecular flexibility index (Phi) is 7.46. The molecule has 2 amide bonds. The number of hydrogen-bond donors (Lipinski definition) is 2. The van der Waals surface area contributed by atoms with Crippen LogP contribution in [0, 0.1) is 5.41 Å². The molecule has 1 aliphatic rings. The molecule has 1 aromatic carbocycles. The number of amidine groups is 1. The molecule has 1 aromatic heterocycles. The molecule has 1 aliphatic heterocycles. The number of piperazine rings is 1. The lowest BCUT2D eigenvalue weighted by molar-refractivity contribution is -0.158. The molecule has 8 heteroatoms. The number of hydrogen-bond acceptors (Lipinski definition) is 5. The van der Waals surface area contributed by atoms with Crippen LogP contribution in [-0.4, -0.2) is 53.7 Å². The highest BCUT2D eigenvalue weighted by molar-refractivity contribution is 7.08. The van der Waals surface area contributed by atoms with Gasteiger partial charge in [-0.25, -0.2) is 0 Å². The van der Waals surface area contributed by atoms with Gasteiger partial charge in [0.25, 0.3) is 0 Å². The standard InChI is InChI=1S/C22H28N4O3S/c1-2-19(17-9-14-30-15-17)26-12-11-25(21(27)22(26)28)10-3-4-13-29-18-7-5-16(6-8-18)20(23)24/h5-9,14-15,19H,2-4,10-13H2,1H3,(H3,23,24). The zero-order valence-corrected chi connectivity index (χ0v) is 18.0. The van der Waals surface area contributed by atoms with Gasteiger partial charge in [-0.15, -0.1) is 0 Å². The number of unbranched alkanes of at least 4 members (excludes halogenated alkanes) is 1. The Hall–Kier alpha value is -2.87. The van der Waals surface area contributed by atoms with Crippen molar-refractivity contribution in [2.24, 2.45) is 5.73 Å². The topological polar surface area (TPSA) is 99.7 Å². The van der Waals surface area contributed by atoms with E-state index in [2.05, 4.69) is 0 Å². The molecule has 1 saturated heterocycles. The molecule has 1 fully saturated rings. The highest BCUT2D eigenvalue weighted by Crippen LogP contribution is 2.28. The summed E-state index contributed by atoms with van der Waals surface area (Å²) in [4.78, 5) is 28.6. The molecule has 0 aliphatic carbocycles. The van der Waals surface area contributed by atoms with E-state index < -0.39 is 11.8 Å². The molecule has 3 N–H and O–H groups in total. The first-order chi connectivity index (χ1) is 14.5. The zero-order valence-electron chi connectivity index (χ0n) is 17.2. The normalized spacial score (nSPS) is 15.4. The SMILES string of the molecule is CCC(c1ccsc1)N1CCN(CCCCOc2ccc(C(=N)N)cc2)C(=O)C1=O. The lowest BCUT2D eigenvalue weighted by atomic mass is 10.0. The number of carbonyl (C=O) groups excluding carboxylic acids is 2. The van der Waals surface area contributed by atoms with Gasteiger partial charge in [0.1, 0.15) is 11.6 Å². The molecule has 0 bridgehead atoms. The predicted molar refractivity (Wildman–Crippen MR) is 118 cm³/mol. The zero-order chi connectivity index (χ0) is 21.5. The predicted octanol–water partition coefficient (Wildman–Crippen LogP) is 3.01. The maximum absolute atomic E-state index is 12.7. The Balaban J connectivity index is 1.42. The fourth-order valence-electron chi connectivity index (χ4n) is 3.63. The van der Waals surface area contributed by atoms with Crippen LogP contribution in [0.2, 0.25) is 0 Å². The van der Waals surface area contributed by atoms with Gasteiger partial charge >= 0.3 is 11.8 Å². The first-order valence-electron chi connectivity index (χ1n) is 10.2. The van der Waals surface area contributed by atoms with Gasteiger partial charge in [-0.2, -0.15) is 11.3 Å². The van der Waals surface area contributed by atoms with Gasteiger partial charge in [0.2, 0.25) is 0 Å². The maximum Gasteiger partial charge on any atom is 0.312 e. The average molecular weight is 429 g/mol. The van der Waals surface area contributed by atoms with E-state index in [0.29, 0.717) is 31.8 Å². The number of benzene rings is 1. The number of nitrogen functional groups attached to an aromatic ring is 1. The molecule has 2 heterocycles. The number of thiophene rings is 1. The number of rotatable bonds is 10. The Morgan fingerprint density at radius 3 is 2.57 bits per heavy atom. The van der Waals surface area contributed by atoms with Gasteiger partial charge < -0.3 is 20.3 Å². The second-order valence-electron chi connectivity index (χ2n) is 7.27. The van der Waals surface area contributed by atoms with Crippen LogP contribution in [-0.2, 0) is 9.59 Å². The van der Waals surface area contributed by atoms with Crippen molar-refractivity contribution in [2.45, 2.75) is 32.2 Å². The van der Waals surface area contributed by atoms with Crippen molar-refractivity contribution in [3.05, 3.63) is 52.2 Å². The van der Waals surface area contributed by atoms with Crippen molar-refractivity contribution in [2.75, 3.05) is 26.2 Å². The molecular formula is C22H28N4O3S. The molecule has 160 valence electrons. The third kappa shape index (κ3) is 5.18. The molecule has 7 nitrogen and oxygen atoms in total. The van der Waals surface area contributed by atoms with E-state index in [1.54, 1.807) is 45.4 Å². The molecule has 0 saturated carbocycles. The number of carbonyl (C=O) groups is 2. The van der Waals surface area contributed by atoms with Crippen molar-refractivity contribution in [1.82, 2.24) is 9.80 Å². The maximum atomic E-state index is 12.7. The van der Waals surface area contributed by atoms with Gasteiger partial charge in [-0.3, -0.25) is 15.0 Å². The van der Waals surface area contributed by atoms with Gasteiger partial charge in [0, 0.05) is 25.2 Å². The summed E-state index contributed by atoms with van der Waals surface area (Å²) in [5, 5.41) is 11.4. The highest BCUT2D eigenvalue weighted by atomic mass is 32.1. The van der Waals surface area contributed by atoms with E-state index in [4.69, 9.17) is 15.9 Å². The summed E-state index contributed by atoms with van der Waals surface area (Å²) in [6.07, 6.45) is 2.34. The number of ether oxygens (including phenoxy) is 1. The monoisotopic (exact) mass is 428 g/mol. The van der Waals surface area contributed by atoms with Gasteiger partial charge in [-0.05, 0) is 65.9 Å². The first kappa shape index (κ1) is 21.8. The number of amides is 2.